The van der Waals surface area contributed by atoms with Crippen LogP contribution >= 0.6 is 24.0 Å². The maximum atomic E-state index is 13.0. The van der Waals surface area contributed by atoms with Gasteiger partial charge in [0.2, 0.25) is 0 Å². The molecule has 0 aromatic heterocycles. The molecule has 1 heterocycles. The van der Waals surface area contributed by atoms with Gasteiger partial charge in [0.05, 0.1) is 6.54 Å². The molecule has 1 aliphatic rings. The molecule has 3 rings (SSSR count). The number of nitrogens with zero attached hydrogens (tertiary/aromatic N) is 1. The van der Waals surface area contributed by atoms with Gasteiger partial charge in [-0.05, 0) is 61.6 Å². The van der Waals surface area contributed by atoms with E-state index < -0.39 is 0 Å². The molecule has 0 saturated carbocycles. The van der Waals surface area contributed by atoms with Crippen molar-refractivity contribution in [1.82, 2.24) is 10.6 Å². The van der Waals surface area contributed by atoms with Crippen LogP contribution in [0.3, 0.4) is 0 Å². The summed E-state index contributed by atoms with van der Waals surface area (Å²) in [5, 5.41) is 9.44. The minimum absolute atomic E-state index is 0. The highest BCUT2D eigenvalue weighted by Gasteiger charge is 2.23. The molecule has 1 aliphatic heterocycles. The van der Waals surface area contributed by atoms with Gasteiger partial charge in [0.1, 0.15) is 11.9 Å². The summed E-state index contributed by atoms with van der Waals surface area (Å²) in [6.45, 7) is 4.58. The fourth-order valence-corrected chi connectivity index (χ4v) is 3.24. The first-order valence-electron chi connectivity index (χ1n) is 10.4. The number of carbonyl (C=O) groups excluding carboxylic acids is 1. The largest absolute Gasteiger partial charge is 0.368 e. The fraction of sp³-hybridized carbons (Fsp3) is 0.391. The summed E-state index contributed by atoms with van der Waals surface area (Å²) in [6, 6.07) is 14.2. The van der Waals surface area contributed by atoms with Gasteiger partial charge >= 0.3 is 0 Å². The van der Waals surface area contributed by atoms with E-state index in [0.717, 1.165) is 42.6 Å². The normalized spacial score (nSPS) is 15.8. The predicted molar refractivity (Wildman–Crippen MR) is 132 cm³/mol. The number of ether oxygens (including phenoxy) is 1. The Bertz CT molecular complexity index is 855. The first-order chi connectivity index (χ1) is 14.6. The number of hydrogen-bond donors (Lipinski definition) is 3. The standard InChI is InChI=1S/C23H29FN4O2.HI/c1-2-25-23(26-13-12-17-8-10-19(24)11-9-17)27-16-18-5-3-6-20(15-18)28-22(29)21-7-4-14-30-21;/h3,5-6,8-11,15,21H,2,4,7,12-14,16H2,1H3,(H,28,29)(H2,25,26,27);1H. The molecule has 168 valence electrons. The lowest BCUT2D eigenvalue weighted by atomic mass is 10.1. The molecule has 0 spiro atoms. The predicted octanol–water partition coefficient (Wildman–Crippen LogP) is 3.86. The van der Waals surface area contributed by atoms with E-state index >= 15 is 0 Å². The van der Waals surface area contributed by atoms with Gasteiger partial charge in [-0.1, -0.05) is 24.3 Å². The highest BCUT2D eigenvalue weighted by Crippen LogP contribution is 2.16. The summed E-state index contributed by atoms with van der Waals surface area (Å²) in [4.78, 5) is 16.9. The molecule has 0 aliphatic carbocycles. The zero-order chi connectivity index (χ0) is 21.2. The molecule has 0 bridgehead atoms. The highest BCUT2D eigenvalue weighted by molar-refractivity contribution is 14.0. The number of hydrogen-bond acceptors (Lipinski definition) is 3. The van der Waals surface area contributed by atoms with Crippen LogP contribution in [0.1, 0.15) is 30.9 Å². The Morgan fingerprint density at radius 2 is 1.97 bits per heavy atom. The van der Waals surface area contributed by atoms with E-state index in [1.54, 1.807) is 12.1 Å². The molecule has 31 heavy (non-hydrogen) atoms. The average molecular weight is 540 g/mol. The van der Waals surface area contributed by atoms with Gasteiger partial charge in [-0.3, -0.25) is 4.79 Å². The lowest BCUT2D eigenvalue weighted by Gasteiger charge is -2.12. The number of aliphatic imine (C=N–C) groups is 1. The zero-order valence-electron chi connectivity index (χ0n) is 17.7. The van der Waals surface area contributed by atoms with E-state index in [2.05, 4.69) is 20.9 Å². The number of guanidine groups is 1. The third-order valence-electron chi connectivity index (χ3n) is 4.80. The van der Waals surface area contributed by atoms with Crippen LogP contribution in [0.2, 0.25) is 0 Å². The van der Waals surface area contributed by atoms with Gasteiger partial charge in [0, 0.05) is 25.4 Å². The second-order valence-corrected chi connectivity index (χ2v) is 7.19. The molecule has 1 saturated heterocycles. The van der Waals surface area contributed by atoms with Crippen molar-refractivity contribution in [3.63, 3.8) is 0 Å². The first-order valence-corrected chi connectivity index (χ1v) is 10.4. The summed E-state index contributed by atoms with van der Waals surface area (Å²) >= 11 is 0. The second-order valence-electron chi connectivity index (χ2n) is 7.19. The third-order valence-corrected chi connectivity index (χ3v) is 4.80. The maximum absolute atomic E-state index is 13.0. The van der Waals surface area contributed by atoms with Crippen molar-refractivity contribution in [2.45, 2.75) is 38.8 Å². The van der Waals surface area contributed by atoms with Crippen molar-refractivity contribution in [3.05, 3.63) is 65.5 Å². The van der Waals surface area contributed by atoms with E-state index in [9.17, 15) is 9.18 Å². The lowest BCUT2D eigenvalue weighted by molar-refractivity contribution is -0.124. The van der Waals surface area contributed by atoms with Gasteiger partial charge in [-0.25, -0.2) is 9.38 Å². The molecule has 1 amide bonds. The first kappa shape index (κ1) is 25.1. The topological polar surface area (TPSA) is 74.8 Å². The van der Waals surface area contributed by atoms with Gasteiger partial charge in [-0.2, -0.15) is 0 Å². The number of amides is 1. The Balaban J connectivity index is 0.00000341. The van der Waals surface area contributed by atoms with Gasteiger partial charge in [-0.15, -0.1) is 24.0 Å². The molecule has 3 N–H and O–H groups in total. The van der Waals surface area contributed by atoms with Crippen molar-refractivity contribution in [2.75, 3.05) is 25.0 Å². The summed E-state index contributed by atoms with van der Waals surface area (Å²) < 4.78 is 18.4. The van der Waals surface area contributed by atoms with E-state index in [4.69, 9.17) is 4.74 Å². The molecule has 1 atom stereocenters. The monoisotopic (exact) mass is 540 g/mol. The summed E-state index contributed by atoms with van der Waals surface area (Å²) in [6.07, 6.45) is 2.12. The maximum Gasteiger partial charge on any atom is 0.253 e. The minimum Gasteiger partial charge on any atom is -0.368 e. The van der Waals surface area contributed by atoms with Gasteiger partial charge < -0.3 is 20.7 Å². The Morgan fingerprint density at radius 3 is 2.68 bits per heavy atom. The Labute approximate surface area is 200 Å². The van der Waals surface area contributed by atoms with Crippen molar-refractivity contribution in [2.24, 2.45) is 4.99 Å². The Morgan fingerprint density at radius 1 is 1.16 bits per heavy atom. The molecule has 0 radical (unpaired) electrons. The number of rotatable bonds is 8. The van der Waals surface area contributed by atoms with Crippen molar-refractivity contribution in [3.8, 4) is 0 Å². The van der Waals surface area contributed by atoms with Crippen LogP contribution in [0.25, 0.3) is 0 Å². The molecule has 2 aromatic carbocycles. The van der Waals surface area contributed by atoms with E-state index in [-0.39, 0.29) is 41.8 Å². The van der Waals surface area contributed by atoms with Gasteiger partial charge in [0.15, 0.2) is 5.96 Å². The minimum atomic E-state index is -0.350. The molecule has 1 fully saturated rings. The van der Waals surface area contributed by atoms with Crippen LogP contribution in [-0.4, -0.2) is 37.7 Å². The van der Waals surface area contributed by atoms with E-state index in [0.29, 0.717) is 25.7 Å². The van der Waals surface area contributed by atoms with Crippen LogP contribution in [0.4, 0.5) is 10.1 Å². The van der Waals surface area contributed by atoms with Crippen LogP contribution in [-0.2, 0) is 22.5 Å². The summed E-state index contributed by atoms with van der Waals surface area (Å²) in [7, 11) is 0. The molecule has 2 aromatic rings. The highest BCUT2D eigenvalue weighted by atomic mass is 127. The summed E-state index contributed by atoms with van der Waals surface area (Å²) in [5.74, 6) is 0.396. The lowest BCUT2D eigenvalue weighted by Crippen LogP contribution is -2.38. The number of carbonyl (C=O) groups is 1. The molecule has 8 heteroatoms. The average Bonchev–Trinajstić information content (AvgIpc) is 3.29. The fourth-order valence-electron chi connectivity index (χ4n) is 3.24. The number of anilines is 1. The van der Waals surface area contributed by atoms with Crippen molar-refractivity contribution >= 4 is 41.5 Å². The number of nitrogens with one attached hydrogen (secondary N) is 3. The van der Waals surface area contributed by atoms with Crippen molar-refractivity contribution in [1.29, 1.82) is 0 Å². The van der Waals surface area contributed by atoms with Crippen LogP contribution in [0.5, 0.6) is 0 Å². The van der Waals surface area contributed by atoms with E-state index in [1.165, 1.54) is 12.1 Å². The van der Waals surface area contributed by atoms with Gasteiger partial charge in [0.25, 0.3) is 5.91 Å². The quantitative estimate of drug-likeness (QED) is 0.270. The number of halogens is 2. The Kier molecular flexibility index (Phi) is 10.7. The van der Waals surface area contributed by atoms with Crippen LogP contribution in [0, 0.1) is 5.82 Å². The SMILES string of the molecule is CCNC(=NCc1cccc(NC(=O)C2CCCO2)c1)NCCc1ccc(F)cc1.I. The molecular weight excluding hydrogens is 510 g/mol. The summed E-state index contributed by atoms with van der Waals surface area (Å²) in [5.41, 5.74) is 2.81. The second kappa shape index (κ2) is 13.3. The van der Waals surface area contributed by atoms with Crippen LogP contribution < -0.4 is 16.0 Å². The molecule has 1 unspecified atom stereocenters. The molecule has 6 nitrogen and oxygen atoms in total. The zero-order valence-corrected chi connectivity index (χ0v) is 20.0. The Hall–Kier alpha value is -2.20. The smallest absolute Gasteiger partial charge is 0.253 e. The van der Waals surface area contributed by atoms with Crippen LogP contribution in [0.15, 0.2) is 53.5 Å². The molecular formula is C23H30FIN4O2. The number of benzene rings is 2. The third kappa shape index (κ3) is 8.45. The van der Waals surface area contributed by atoms with E-state index in [1.807, 2.05) is 31.2 Å². The van der Waals surface area contributed by atoms with Crippen molar-refractivity contribution < 1.29 is 13.9 Å².